The van der Waals surface area contributed by atoms with Crippen molar-refractivity contribution in [2.45, 2.75) is 19.4 Å². The van der Waals surface area contributed by atoms with Gasteiger partial charge < -0.3 is 10.7 Å². The largest absolute Gasteiger partial charge is 0.384 e. The second-order valence-corrected chi connectivity index (χ2v) is 7.78. The highest BCUT2D eigenvalue weighted by atomic mass is 15.1. The molecule has 0 amide bonds. The Morgan fingerprint density at radius 2 is 1.83 bits per heavy atom. The molecule has 3 N–H and O–H groups in total. The maximum atomic E-state index is 9.05. The molecule has 0 atom stereocenters. The first-order valence-electron chi connectivity index (χ1n) is 9.94. The fraction of sp³-hybridized carbons (Fsp3) is 0.261. The minimum absolute atomic E-state index is 0.228. The predicted molar refractivity (Wildman–Crippen MR) is 115 cm³/mol. The zero-order valence-corrected chi connectivity index (χ0v) is 16.1. The number of pyridine rings is 2. The lowest BCUT2D eigenvalue weighted by atomic mass is 9.98. The van der Waals surface area contributed by atoms with E-state index < -0.39 is 0 Å². The summed E-state index contributed by atoms with van der Waals surface area (Å²) in [6.45, 7) is 2.93. The Morgan fingerprint density at radius 1 is 1.03 bits per heavy atom. The number of nitrogens with zero attached hydrogens (tertiary/aromatic N) is 4. The first kappa shape index (κ1) is 17.7. The fourth-order valence-electron chi connectivity index (χ4n) is 4.13. The molecule has 29 heavy (non-hydrogen) atoms. The fourth-order valence-corrected chi connectivity index (χ4v) is 4.13. The van der Waals surface area contributed by atoms with Crippen molar-refractivity contribution < 1.29 is 0 Å². The predicted octanol–water partition coefficient (Wildman–Crippen LogP) is 4.10. The summed E-state index contributed by atoms with van der Waals surface area (Å²) >= 11 is 0. The Hall–Kier alpha value is -3.43. The summed E-state index contributed by atoms with van der Waals surface area (Å²) < 4.78 is 0. The highest BCUT2D eigenvalue weighted by Crippen LogP contribution is 2.29. The molecule has 0 spiro atoms. The molecule has 1 aliphatic heterocycles. The number of anilines is 1. The van der Waals surface area contributed by atoms with E-state index in [2.05, 4.69) is 56.3 Å². The highest BCUT2D eigenvalue weighted by Gasteiger charge is 2.18. The number of nitrogens with two attached hydrogens (primary N) is 1. The minimum Gasteiger partial charge on any atom is -0.384 e. The first-order valence-corrected chi connectivity index (χ1v) is 9.94. The van der Waals surface area contributed by atoms with Gasteiger partial charge in [-0.1, -0.05) is 24.3 Å². The summed E-state index contributed by atoms with van der Waals surface area (Å²) in [5.41, 5.74) is 11.2. The summed E-state index contributed by atoms with van der Waals surface area (Å²) in [5, 5.41) is 11.1. The maximum absolute atomic E-state index is 9.05. The molecule has 6 nitrogen and oxygen atoms in total. The Balaban J connectivity index is 1.38. The second kappa shape index (κ2) is 7.19. The topological polar surface area (TPSA) is 94.6 Å². The van der Waals surface area contributed by atoms with Crippen LogP contribution in [0.3, 0.4) is 0 Å². The highest BCUT2D eigenvalue weighted by molar-refractivity contribution is 6.07. The zero-order chi connectivity index (χ0) is 19.8. The van der Waals surface area contributed by atoms with Gasteiger partial charge in [-0.3, -0.25) is 4.90 Å². The standard InChI is InChI=1S/C23H22N6/c24-11-15-5-7-29(8-6-15)14-16-1-3-17(4-2-16)18-9-20-19-10-22(25)26-13-21(19)28-23(20)27-12-18/h1-4,9-10,12-13,15H,5-8,14H2,(H2,25,26)(H,27,28). The van der Waals surface area contributed by atoms with Crippen LogP contribution in [-0.2, 0) is 6.54 Å². The molecule has 0 saturated carbocycles. The van der Waals surface area contributed by atoms with Crippen molar-refractivity contribution in [3.63, 3.8) is 0 Å². The summed E-state index contributed by atoms with van der Waals surface area (Å²) in [6.07, 6.45) is 5.60. The van der Waals surface area contributed by atoms with Gasteiger partial charge in [0.05, 0.1) is 17.8 Å². The molecule has 1 aliphatic rings. The number of H-pyrrole nitrogens is 1. The number of likely N-dealkylation sites (tertiary alicyclic amines) is 1. The van der Waals surface area contributed by atoms with Gasteiger partial charge >= 0.3 is 0 Å². The molecule has 144 valence electrons. The second-order valence-electron chi connectivity index (χ2n) is 7.78. The summed E-state index contributed by atoms with van der Waals surface area (Å²) in [6, 6.07) is 15.1. The van der Waals surface area contributed by atoms with Gasteiger partial charge in [0.1, 0.15) is 11.5 Å². The third kappa shape index (κ3) is 3.41. The van der Waals surface area contributed by atoms with E-state index in [4.69, 9.17) is 11.0 Å². The molecule has 0 bridgehead atoms. The molecule has 1 fully saturated rings. The Kier molecular flexibility index (Phi) is 4.38. The van der Waals surface area contributed by atoms with E-state index in [-0.39, 0.29) is 5.92 Å². The van der Waals surface area contributed by atoms with Crippen molar-refractivity contribution in [1.82, 2.24) is 19.9 Å². The van der Waals surface area contributed by atoms with Crippen molar-refractivity contribution >= 4 is 27.8 Å². The molecule has 4 heterocycles. The van der Waals surface area contributed by atoms with Crippen molar-refractivity contribution in [2.75, 3.05) is 18.8 Å². The molecule has 0 radical (unpaired) electrons. The Bertz CT molecular complexity index is 1210. The summed E-state index contributed by atoms with van der Waals surface area (Å²) in [5.74, 6) is 0.735. The molecule has 6 heteroatoms. The quantitative estimate of drug-likeness (QED) is 0.556. The molecule has 0 unspecified atom stereocenters. The average Bonchev–Trinajstić information content (AvgIpc) is 3.12. The van der Waals surface area contributed by atoms with Gasteiger partial charge in [-0.25, -0.2) is 9.97 Å². The number of benzene rings is 1. The molecular formula is C23H22N6. The number of aromatic amines is 1. The Morgan fingerprint density at radius 3 is 2.59 bits per heavy atom. The summed E-state index contributed by atoms with van der Waals surface area (Å²) in [4.78, 5) is 14.5. The monoisotopic (exact) mass is 382 g/mol. The van der Waals surface area contributed by atoms with Crippen LogP contribution in [0.4, 0.5) is 5.82 Å². The van der Waals surface area contributed by atoms with E-state index in [0.29, 0.717) is 5.82 Å². The van der Waals surface area contributed by atoms with Crippen LogP contribution in [0.2, 0.25) is 0 Å². The van der Waals surface area contributed by atoms with Crippen molar-refractivity contribution in [1.29, 1.82) is 5.26 Å². The molecule has 0 aliphatic carbocycles. The lowest BCUT2D eigenvalue weighted by Gasteiger charge is -2.29. The van der Waals surface area contributed by atoms with E-state index >= 15 is 0 Å². The third-order valence-electron chi connectivity index (χ3n) is 5.82. The van der Waals surface area contributed by atoms with E-state index in [1.807, 2.05) is 12.3 Å². The van der Waals surface area contributed by atoms with Crippen LogP contribution < -0.4 is 5.73 Å². The number of aromatic nitrogens is 3. The van der Waals surface area contributed by atoms with E-state index in [9.17, 15) is 0 Å². The van der Waals surface area contributed by atoms with Gasteiger partial charge in [-0.15, -0.1) is 0 Å². The molecule has 3 aromatic heterocycles. The number of nitrogens with one attached hydrogen (secondary N) is 1. The van der Waals surface area contributed by atoms with Crippen LogP contribution in [0.5, 0.6) is 0 Å². The zero-order valence-electron chi connectivity index (χ0n) is 16.1. The lowest BCUT2D eigenvalue weighted by Crippen LogP contribution is -2.32. The minimum atomic E-state index is 0.228. The average molecular weight is 382 g/mol. The third-order valence-corrected chi connectivity index (χ3v) is 5.82. The van der Waals surface area contributed by atoms with Crippen LogP contribution in [0.25, 0.3) is 33.1 Å². The molecule has 4 aromatic rings. The van der Waals surface area contributed by atoms with E-state index in [0.717, 1.165) is 65.5 Å². The van der Waals surface area contributed by atoms with Crippen LogP contribution in [0.15, 0.2) is 48.8 Å². The molecule has 1 aromatic carbocycles. The van der Waals surface area contributed by atoms with Gasteiger partial charge in [-0.2, -0.15) is 5.26 Å². The van der Waals surface area contributed by atoms with Gasteiger partial charge in [0.2, 0.25) is 0 Å². The molecule has 5 rings (SSSR count). The Labute approximate surface area is 169 Å². The van der Waals surface area contributed by atoms with Gasteiger partial charge in [0, 0.05) is 35.0 Å². The first-order chi connectivity index (χ1) is 14.2. The smallest absolute Gasteiger partial charge is 0.138 e. The van der Waals surface area contributed by atoms with Crippen molar-refractivity contribution in [3.05, 3.63) is 54.4 Å². The van der Waals surface area contributed by atoms with Crippen molar-refractivity contribution in [2.24, 2.45) is 5.92 Å². The van der Waals surface area contributed by atoms with Gasteiger partial charge in [0.25, 0.3) is 0 Å². The number of hydrogen-bond donors (Lipinski definition) is 2. The van der Waals surface area contributed by atoms with Crippen molar-refractivity contribution in [3.8, 4) is 17.2 Å². The normalized spacial score (nSPS) is 15.7. The maximum Gasteiger partial charge on any atom is 0.138 e. The van der Waals surface area contributed by atoms with Crippen LogP contribution in [0.1, 0.15) is 18.4 Å². The van der Waals surface area contributed by atoms with E-state index in [1.54, 1.807) is 6.20 Å². The number of nitriles is 1. The molecule has 1 saturated heterocycles. The number of rotatable bonds is 3. The number of fused-ring (bicyclic) bond motifs is 3. The van der Waals surface area contributed by atoms with Crippen LogP contribution >= 0.6 is 0 Å². The number of nitrogen functional groups attached to an aromatic ring is 1. The van der Waals surface area contributed by atoms with Crippen LogP contribution in [0, 0.1) is 17.2 Å². The molecular weight excluding hydrogens is 360 g/mol. The lowest BCUT2D eigenvalue weighted by molar-refractivity contribution is 0.198. The van der Waals surface area contributed by atoms with Gasteiger partial charge in [0.15, 0.2) is 0 Å². The van der Waals surface area contributed by atoms with E-state index in [1.165, 1.54) is 5.56 Å². The van der Waals surface area contributed by atoms with Crippen LogP contribution in [-0.4, -0.2) is 32.9 Å². The number of hydrogen-bond acceptors (Lipinski definition) is 5. The SMILES string of the molecule is N#CC1CCN(Cc2ccc(-c3cnc4[nH]c5cnc(N)cc5c4c3)cc2)CC1. The summed E-state index contributed by atoms with van der Waals surface area (Å²) in [7, 11) is 0. The van der Waals surface area contributed by atoms with Gasteiger partial charge in [-0.05, 0) is 49.2 Å². The number of piperidine rings is 1.